The van der Waals surface area contributed by atoms with E-state index in [4.69, 9.17) is 9.84 Å². The number of ether oxygens (including phenoxy) is 1. The zero-order valence-corrected chi connectivity index (χ0v) is 14.3. The lowest BCUT2D eigenvalue weighted by molar-refractivity contribution is -0.128. The summed E-state index contributed by atoms with van der Waals surface area (Å²) in [6, 6.07) is 6.12. The molecule has 0 bridgehead atoms. The first-order chi connectivity index (χ1) is 11.0. The van der Waals surface area contributed by atoms with Crippen LogP contribution in [0, 0.1) is 0 Å². The van der Waals surface area contributed by atoms with Gasteiger partial charge in [0.2, 0.25) is 5.91 Å². The van der Waals surface area contributed by atoms with Gasteiger partial charge in [-0.25, -0.2) is 4.79 Å². The van der Waals surface area contributed by atoms with Crippen molar-refractivity contribution in [1.82, 2.24) is 4.90 Å². The molecule has 0 spiro atoms. The largest absolute Gasteiger partial charge is 0.494 e. The van der Waals surface area contributed by atoms with Crippen molar-refractivity contribution in [2.45, 2.75) is 20.3 Å². The third-order valence-electron chi connectivity index (χ3n) is 3.29. The van der Waals surface area contributed by atoms with Crippen LogP contribution in [0.25, 0.3) is 0 Å². The number of hydrogen-bond donors (Lipinski definition) is 1. The van der Waals surface area contributed by atoms with Gasteiger partial charge in [-0.2, -0.15) is 0 Å². The van der Waals surface area contributed by atoms with Gasteiger partial charge in [0.1, 0.15) is 11.5 Å². The van der Waals surface area contributed by atoms with Gasteiger partial charge in [0.05, 0.1) is 12.2 Å². The molecule has 7 heteroatoms. The zero-order chi connectivity index (χ0) is 17.2. The van der Waals surface area contributed by atoms with Gasteiger partial charge in [-0.05, 0) is 44.5 Å². The van der Waals surface area contributed by atoms with Crippen molar-refractivity contribution in [3.05, 3.63) is 29.8 Å². The van der Waals surface area contributed by atoms with Crippen LogP contribution in [0.15, 0.2) is 24.3 Å². The fraction of sp³-hybridized carbons (Fsp3) is 0.500. The molecule has 128 valence electrons. The number of carbonyl (C=O) groups excluding carboxylic acids is 1. The summed E-state index contributed by atoms with van der Waals surface area (Å²) in [5.41, 5.74) is 0.202. The van der Waals surface area contributed by atoms with Crippen LogP contribution in [-0.2, 0) is 15.6 Å². The minimum Gasteiger partial charge on any atom is -0.494 e. The number of hydrogen-bond acceptors (Lipinski definition) is 4. The smallest absolute Gasteiger partial charge is 0.335 e. The minimum absolute atomic E-state index is 0.0506. The van der Waals surface area contributed by atoms with Crippen LogP contribution in [-0.4, -0.2) is 57.3 Å². The van der Waals surface area contributed by atoms with Crippen LogP contribution in [0.2, 0.25) is 0 Å². The van der Waals surface area contributed by atoms with Gasteiger partial charge < -0.3 is 14.7 Å². The van der Waals surface area contributed by atoms with Gasteiger partial charge >= 0.3 is 5.97 Å². The summed E-state index contributed by atoms with van der Waals surface area (Å²) in [5.74, 6) is -0.0433. The zero-order valence-electron chi connectivity index (χ0n) is 13.5. The van der Waals surface area contributed by atoms with E-state index in [9.17, 15) is 13.8 Å². The summed E-state index contributed by atoms with van der Waals surface area (Å²) in [7, 11) is -1.19. The number of nitrogens with zero attached hydrogens (tertiary/aromatic N) is 1. The van der Waals surface area contributed by atoms with E-state index < -0.39 is 16.8 Å². The van der Waals surface area contributed by atoms with E-state index in [-0.39, 0.29) is 17.2 Å². The van der Waals surface area contributed by atoms with Gasteiger partial charge in [-0.1, -0.05) is 0 Å². The second kappa shape index (κ2) is 9.99. The molecule has 1 N–H and O–H groups in total. The van der Waals surface area contributed by atoms with E-state index in [0.29, 0.717) is 37.6 Å². The Labute approximate surface area is 138 Å². The average molecular weight is 341 g/mol. The molecule has 1 atom stereocenters. The highest BCUT2D eigenvalue weighted by molar-refractivity contribution is 7.85. The van der Waals surface area contributed by atoms with E-state index in [1.165, 1.54) is 12.1 Å². The molecule has 0 saturated carbocycles. The molecule has 0 heterocycles. The molecule has 1 aromatic carbocycles. The molecule has 6 nitrogen and oxygen atoms in total. The highest BCUT2D eigenvalue weighted by atomic mass is 32.2. The lowest BCUT2D eigenvalue weighted by Gasteiger charge is -2.18. The minimum atomic E-state index is -1.19. The third kappa shape index (κ3) is 6.81. The first kappa shape index (κ1) is 19.2. The van der Waals surface area contributed by atoms with E-state index in [1.807, 2.05) is 13.8 Å². The Balaban J connectivity index is 2.27. The van der Waals surface area contributed by atoms with Crippen molar-refractivity contribution in [3.63, 3.8) is 0 Å². The Kier molecular flexibility index (Phi) is 8.32. The fourth-order valence-electron chi connectivity index (χ4n) is 1.98. The van der Waals surface area contributed by atoms with Crippen molar-refractivity contribution in [1.29, 1.82) is 0 Å². The maximum atomic E-state index is 11.9. The number of carboxylic acids is 1. The molecule has 1 unspecified atom stereocenters. The van der Waals surface area contributed by atoms with Crippen molar-refractivity contribution < 1.29 is 23.6 Å². The molecule has 0 aliphatic heterocycles. The first-order valence-corrected chi connectivity index (χ1v) is 9.05. The van der Waals surface area contributed by atoms with Gasteiger partial charge in [0, 0.05) is 29.6 Å². The second-order valence-electron chi connectivity index (χ2n) is 4.89. The molecule has 1 amide bonds. The van der Waals surface area contributed by atoms with Crippen molar-refractivity contribution in [2.75, 3.05) is 31.2 Å². The Hall–Kier alpha value is -1.89. The van der Waals surface area contributed by atoms with E-state index >= 15 is 0 Å². The van der Waals surface area contributed by atoms with Crippen LogP contribution in [0.1, 0.15) is 30.6 Å². The first-order valence-electron chi connectivity index (χ1n) is 7.56. The van der Waals surface area contributed by atoms with Crippen LogP contribution in [0.3, 0.4) is 0 Å². The summed E-state index contributed by atoms with van der Waals surface area (Å²) < 4.78 is 17.3. The molecule has 1 aromatic rings. The molecule has 1 rings (SSSR count). The molecule has 0 fully saturated rings. The lowest BCUT2D eigenvalue weighted by Crippen LogP contribution is -2.34. The number of carbonyl (C=O) groups is 2. The summed E-state index contributed by atoms with van der Waals surface area (Å²) in [6.45, 7) is 5.42. The number of aromatic carboxylic acids is 1. The van der Waals surface area contributed by atoms with Gasteiger partial charge in [0.25, 0.3) is 0 Å². The molecular formula is C16H23NO5S. The topological polar surface area (TPSA) is 83.9 Å². The summed E-state index contributed by atoms with van der Waals surface area (Å²) in [6.07, 6.45) is 0.568. The predicted molar refractivity (Wildman–Crippen MR) is 89.3 cm³/mol. The Bertz CT molecular complexity index is 540. The number of benzene rings is 1. The molecular weight excluding hydrogens is 318 g/mol. The van der Waals surface area contributed by atoms with Crippen LogP contribution >= 0.6 is 0 Å². The normalized spacial score (nSPS) is 11.7. The highest BCUT2D eigenvalue weighted by Crippen LogP contribution is 2.12. The van der Waals surface area contributed by atoms with Crippen LogP contribution < -0.4 is 4.74 Å². The molecule has 23 heavy (non-hydrogen) atoms. The van der Waals surface area contributed by atoms with E-state index in [0.717, 1.165) is 0 Å². The lowest BCUT2D eigenvalue weighted by atomic mass is 10.2. The van der Waals surface area contributed by atoms with Gasteiger partial charge in [-0.15, -0.1) is 0 Å². The maximum absolute atomic E-state index is 11.9. The van der Waals surface area contributed by atoms with Gasteiger partial charge in [-0.3, -0.25) is 9.00 Å². The standard InChI is InChI=1S/C16H23NO5S/c1-3-17(4-2)15(18)12-23(21)11-5-10-22-14-8-6-13(7-9-14)16(19)20/h6-9H,3-5,10-12H2,1-2H3,(H,19,20). The number of amides is 1. The second-order valence-corrected chi connectivity index (χ2v) is 6.46. The molecule has 0 aliphatic rings. The summed E-state index contributed by atoms with van der Waals surface area (Å²) >= 11 is 0. The maximum Gasteiger partial charge on any atom is 0.335 e. The van der Waals surface area contributed by atoms with Crippen LogP contribution in [0.5, 0.6) is 5.75 Å². The summed E-state index contributed by atoms with van der Waals surface area (Å²) in [4.78, 5) is 24.2. The average Bonchev–Trinajstić information content (AvgIpc) is 2.53. The Morgan fingerprint density at radius 2 is 1.78 bits per heavy atom. The quantitative estimate of drug-likeness (QED) is 0.656. The fourth-order valence-corrected chi connectivity index (χ4v) is 3.02. The third-order valence-corrected chi connectivity index (χ3v) is 4.60. The molecule has 0 aromatic heterocycles. The van der Waals surface area contributed by atoms with Crippen molar-refractivity contribution in [2.24, 2.45) is 0 Å². The predicted octanol–water partition coefficient (Wildman–Crippen LogP) is 1.77. The van der Waals surface area contributed by atoms with Crippen molar-refractivity contribution >= 4 is 22.7 Å². The van der Waals surface area contributed by atoms with Gasteiger partial charge in [0.15, 0.2) is 0 Å². The molecule has 0 aliphatic carbocycles. The summed E-state index contributed by atoms with van der Waals surface area (Å²) in [5, 5.41) is 8.79. The van der Waals surface area contributed by atoms with E-state index in [1.54, 1.807) is 17.0 Å². The van der Waals surface area contributed by atoms with Crippen molar-refractivity contribution in [3.8, 4) is 5.75 Å². The van der Waals surface area contributed by atoms with Crippen LogP contribution in [0.4, 0.5) is 0 Å². The molecule has 0 saturated heterocycles. The Morgan fingerprint density at radius 1 is 1.17 bits per heavy atom. The number of rotatable bonds is 10. The highest BCUT2D eigenvalue weighted by Gasteiger charge is 2.13. The number of carboxylic acid groups (broad SMARTS) is 1. The SMILES string of the molecule is CCN(CC)C(=O)CS(=O)CCCOc1ccc(C(=O)O)cc1. The van der Waals surface area contributed by atoms with E-state index in [2.05, 4.69) is 0 Å². The molecule has 0 radical (unpaired) electrons. The Morgan fingerprint density at radius 3 is 2.30 bits per heavy atom. The monoisotopic (exact) mass is 341 g/mol.